The van der Waals surface area contributed by atoms with Gasteiger partial charge in [0, 0.05) is 37.3 Å². The lowest BCUT2D eigenvalue weighted by atomic mass is 9.89. The Bertz CT molecular complexity index is 1430. The molecule has 36 heavy (non-hydrogen) atoms. The van der Waals surface area contributed by atoms with Crippen molar-refractivity contribution in [1.82, 2.24) is 25.0 Å². The lowest BCUT2D eigenvalue weighted by molar-refractivity contribution is -0.120. The molecule has 9 nitrogen and oxygen atoms in total. The highest BCUT2D eigenvalue weighted by atomic mass is 16.5. The van der Waals surface area contributed by atoms with Crippen LogP contribution in [0, 0.1) is 13.8 Å². The number of benzene rings is 1. The Hall–Kier alpha value is -3.88. The van der Waals surface area contributed by atoms with Crippen molar-refractivity contribution in [3.8, 4) is 16.9 Å². The van der Waals surface area contributed by atoms with Gasteiger partial charge < -0.3 is 19.5 Å². The molecule has 2 aliphatic heterocycles. The van der Waals surface area contributed by atoms with E-state index in [0.717, 1.165) is 76.9 Å². The van der Waals surface area contributed by atoms with Crippen molar-refractivity contribution in [2.75, 3.05) is 24.6 Å². The minimum atomic E-state index is -0.207. The molecule has 4 aromatic rings. The lowest BCUT2D eigenvalue weighted by Gasteiger charge is -2.41. The minimum absolute atomic E-state index is 0.0106. The largest absolute Gasteiger partial charge is 0.488 e. The van der Waals surface area contributed by atoms with E-state index in [4.69, 9.17) is 14.2 Å². The van der Waals surface area contributed by atoms with E-state index in [1.54, 1.807) is 6.92 Å². The molecule has 5 heterocycles. The number of hydrogen-bond donors (Lipinski definition) is 1. The number of carbonyl (C=O) groups excluding carboxylic acids is 1. The third kappa shape index (κ3) is 3.61. The van der Waals surface area contributed by atoms with Crippen LogP contribution in [-0.4, -0.2) is 50.8 Å². The maximum absolute atomic E-state index is 11.7. The van der Waals surface area contributed by atoms with Gasteiger partial charge in [0.2, 0.25) is 11.9 Å². The third-order valence-corrected chi connectivity index (χ3v) is 7.44. The van der Waals surface area contributed by atoms with Crippen LogP contribution in [0.25, 0.3) is 22.2 Å². The molecule has 1 N–H and O–H groups in total. The molecule has 0 bridgehead atoms. The molecule has 0 spiro atoms. The Labute approximate surface area is 209 Å². The molecule has 1 amide bonds. The van der Waals surface area contributed by atoms with Gasteiger partial charge in [-0.1, -0.05) is 11.2 Å². The van der Waals surface area contributed by atoms with E-state index in [9.17, 15) is 4.79 Å². The second-order valence-electron chi connectivity index (χ2n) is 10.1. The number of nitrogens with one attached hydrogen (secondary N) is 1. The van der Waals surface area contributed by atoms with Gasteiger partial charge in [0.05, 0.1) is 22.5 Å². The van der Waals surface area contributed by atoms with Crippen molar-refractivity contribution in [3.05, 3.63) is 53.7 Å². The van der Waals surface area contributed by atoms with Gasteiger partial charge in [0.1, 0.15) is 23.9 Å². The topological polar surface area (TPSA) is 98.3 Å². The first-order valence-electron chi connectivity index (χ1n) is 12.4. The molecule has 3 aromatic heterocycles. The number of carbonyl (C=O) groups is 1. The highest BCUT2D eigenvalue weighted by molar-refractivity contribution is 5.94. The number of anilines is 1. The van der Waals surface area contributed by atoms with E-state index in [1.165, 1.54) is 0 Å². The number of ether oxygens (including phenoxy) is 1. The van der Waals surface area contributed by atoms with Crippen LogP contribution in [0.1, 0.15) is 49.9 Å². The minimum Gasteiger partial charge on any atom is -0.488 e. The monoisotopic (exact) mass is 486 g/mol. The van der Waals surface area contributed by atoms with E-state index in [-0.39, 0.29) is 17.5 Å². The average molecular weight is 487 g/mol. The summed E-state index contributed by atoms with van der Waals surface area (Å²) in [5.41, 5.74) is 5.32. The van der Waals surface area contributed by atoms with Crippen LogP contribution in [0.3, 0.4) is 0 Å². The number of rotatable bonds is 4. The zero-order chi connectivity index (χ0) is 25.0. The molecule has 2 aliphatic rings. The first-order valence-corrected chi connectivity index (χ1v) is 12.4. The Morgan fingerprint density at radius 3 is 2.64 bits per heavy atom. The third-order valence-electron chi connectivity index (χ3n) is 7.44. The van der Waals surface area contributed by atoms with Crippen LogP contribution in [-0.2, 0) is 4.79 Å². The van der Waals surface area contributed by atoms with Gasteiger partial charge in [-0.15, -0.1) is 0 Å². The van der Waals surface area contributed by atoms with E-state index in [2.05, 4.69) is 44.0 Å². The van der Waals surface area contributed by atoms with E-state index in [0.29, 0.717) is 6.61 Å². The van der Waals surface area contributed by atoms with E-state index >= 15 is 0 Å². The predicted octanol–water partition coefficient (Wildman–Crippen LogP) is 4.18. The maximum atomic E-state index is 11.7. The summed E-state index contributed by atoms with van der Waals surface area (Å²) in [6.45, 7) is 9.61. The molecule has 1 fully saturated rings. The number of nitrogens with zero attached hydrogens (tertiary/aromatic N) is 5. The van der Waals surface area contributed by atoms with Crippen LogP contribution in [0.2, 0.25) is 0 Å². The summed E-state index contributed by atoms with van der Waals surface area (Å²) in [6.07, 6.45) is 3.51. The van der Waals surface area contributed by atoms with Crippen LogP contribution < -0.4 is 15.0 Å². The molecule has 186 valence electrons. The van der Waals surface area contributed by atoms with Gasteiger partial charge >= 0.3 is 0 Å². The van der Waals surface area contributed by atoms with Crippen molar-refractivity contribution in [2.24, 2.45) is 0 Å². The van der Waals surface area contributed by atoms with Crippen LogP contribution >= 0.6 is 0 Å². The highest BCUT2D eigenvalue weighted by Gasteiger charge is 2.36. The molecule has 0 radical (unpaired) electrons. The molecule has 1 aromatic carbocycles. The van der Waals surface area contributed by atoms with Gasteiger partial charge in [-0.3, -0.25) is 14.3 Å². The van der Waals surface area contributed by atoms with Crippen molar-refractivity contribution in [1.29, 1.82) is 0 Å². The molecular formula is C27H30N6O3. The zero-order valence-electron chi connectivity index (χ0n) is 21.0. The van der Waals surface area contributed by atoms with Crippen LogP contribution in [0.4, 0.5) is 5.95 Å². The summed E-state index contributed by atoms with van der Waals surface area (Å²) in [5.74, 6) is 2.48. The van der Waals surface area contributed by atoms with Crippen molar-refractivity contribution in [2.45, 2.75) is 52.1 Å². The number of piperidine rings is 1. The fourth-order valence-corrected chi connectivity index (χ4v) is 5.65. The molecule has 9 heteroatoms. The van der Waals surface area contributed by atoms with E-state index in [1.807, 2.05) is 38.2 Å². The van der Waals surface area contributed by atoms with Gasteiger partial charge in [0.15, 0.2) is 5.75 Å². The first kappa shape index (κ1) is 22.6. The van der Waals surface area contributed by atoms with Gasteiger partial charge in [-0.2, -0.15) is 0 Å². The Morgan fingerprint density at radius 2 is 1.97 bits per heavy atom. The summed E-state index contributed by atoms with van der Waals surface area (Å²) in [5, 5.41) is 7.30. The number of hydrogen-bond acceptors (Lipinski definition) is 7. The van der Waals surface area contributed by atoms with Crippen LogP contribution in [0.5, 0.6) is 5.75 Å². The maximum Gasteiger partial charge on any atom is 0.217 e. The number of aryl methyl sites for hydroxylation is 2. The molecular weight excluding hydrogens is 456 g/mol. The predicted molar refractivity (Wildman–Crippen MR) is 136 cm³/mol. The Kier molecular flexibility index (Phi) is 5.24. The SMILES string of the molecule is CC(=O)NC1(C)CCN(c2nc3ccc(-c4c(C)noc4C)c4c3n2C(c2ccccn2)CO4)CC1. The second-order valence-corrected chi connectivity index (χ2v) is 10.1. The Morgan fingerprint density at radius 1 is 1.17 bits per heavy atom. The summed E-state index contributed by atoms with van der Waals surface area (Å²) in [6, 6.07) is 9.96. The Balaban J connectivity index is 1.50. The number of pyridine rings is 1. The second kappa shape index (κ2) is 8.36. The standard InChI is InChI=1S/C27H30N6O3/c1-16-23(17(2)36-31-16)19-8-9-21-24-25(19)35-15-22(20-7-5-6-12-28-20)33(24)26(29-21)32-13-10-27(4,11-14-32)30-18(3)34/h5-9,12,22H,10-11,13-15H2,1-4H3,(H,30,34). The van der Waals surface area contributed by atoms with Crippen LogP contribution in [0.15, 0.2) is 41.1 Å². The molecule has 1 unspecified atom stereocenters. The quantitative estimate of drug-likeness (QED) is 0.462. The lowest BCUT2D eigenvalue weighted by Crippen LogP contribution is -2.53. The molecule has 1 saturated heterocycles. The fraction of sp³-hybridized carbons (Fsp3) is 0.407. The summed E-state index contributed by atoms with van der Waals surface area (Å²) in [7, 11) is 0. The smallest absolute Gasteiger partial charge is 0.217 e. The van der Waals surface area contributed by atoms with Gasteiger partial charge in [-0.25, -0.2) is 4.98 Å². The molecule has 0 saturated carbocycles. The van der Waals surface area contributed by atoms with Gasteiger partial charge in [-0.05, 0) is 57.9 Å². The molecule has 1 atom stereocenters. The van der Waals surface area contributed by atoms with Gasteiger partial charge in [0.25, 0.3) is 0 Å². The normalized spacial score (nSPS) is 18.8. The van der Waals surface area contributed by atoms with E-state index < -0.39 is 0 Å². The zero-order valence-corrected chi connectivity index (χ0v) is 21.0. The number of aromatic nitrogens is 4. The summed E-state index contributed by atoms with van der Waals surface area (Å²) >= 11 is 0. The number of imidazole rings is 1. The van der Waals surface area contributed by atoms with Crippen molar-refractivity contribution < 1.29 is 14.1 Å². The highest BCUT2D eigenvalue weighted by Crippen LogP contribution is 2.46. The molecule has 0 aliphatic carbocycles. The average Bonchev–Trinajstić information content (AvgIpc) is 3.41. The first-order chi connectivity index (χ1) is 17.3. The summed E-state index contributed by atoms with van der Waals surface area (Å²) in [4.78, 5) is 23.8. The number of amides is 1. The van der Waals surface area contributed by atoms with Crippen molar-refractivity contribution >= 4 is 22.9 Å². The van der Waals surface area contributed by atoms with Crippen molar-refractivity contribution in [3.63, 3.8) is 0 Å². The summed E-state index contributed by atoms with van der Waals surface area (Å²) < 4.78 is 14.2. The molecule has 6 rings (SSSR count). The fourth-order valence-electron chi connectivity index (χ4n) is 5.65.